The summed E-state index contributed by atoms with van der Waals surface area (Å²) in [5, 5.41) is 0.458. The maximum absolute atomic E-state index is 14.2. The fourth-order valence-electron chi connectivity index (χ4n) is 3.77. The highest BCUT2D eigenvalue weighted by Gasteiger charge is 2.27. The van der Waals surface area contributed by atoms with Crippen molar-refractivity contribution in [3.8, 4) is 0 Å². The lowest BCUT2D eigenvalue weighted by Gasteiger charge is -2.25. The normalized spacial score (nSPS) is 14.7. The summed E-state index contributed by atoms with van der Waals surface area (Å²) in [5.41, 5.74) is 1.94. The van der Waals surface area contributed by atoms with Gasteiger partial charge in [-0.15, -0.1) is 0 Å². The maximum Gasteiger partial charge on any atom is 0.248 e. The molecule has 1 aliphatic carbocycles. The predicted molar refractivity (Wildman–Crippen MR) is 100 cm³/mol. The van der Waals surface area contributed by atoms with Crippen LogP contribution in [0.2, 0.25) is 0 Å². The summed E-state index contributed by atoms with van der Waals surface area (Å²) >= 11 is 0. The largest absolute Gasteiger partial charge is 0.319 e. The molecule has 1 aromatic carbocycles. The zero-order chi connectivity index (χ0) is 19.4. The van der Waals surface area contributed by atoms with Crippen LogP contribution in [0.4, 0.5) is 8.78 Å². The first kappa shape index (κ1) is 17.0. The molecule has 0 saturated heterocycles. The molecule has 1 aliphatic rings. The SMILES string of the molecule is Cc1cnc2c(n1)nc(C1CCC1)n2Cc1cc(=O)[nH]c2c(F)c(F)ccc12. The molecule has 1 fully saturated rings. The van der Waals surface area contributed by atoms with Crippen molar-refractivity contribution >= 4 is 22.2 Å². The van der Waals surface area contributed by atoms with Crippen molar-refractivity contribution in [2.45, 2.75) is 38.6 Å². The number of hydrogen-bond donors (Lipinski definition) is 1. The first-order chi connectivity index (χ1) is 13.5. The Kier molecular flexibility index (Phi) is 3.75. The molecule has 5 rings (SSSR count). The average Bonchev–Trinajstić information content (AvgIpc) is 2.94. The van der Waals surface area contributed by atoms with Crippen LogP contribution in [0.15, 0.2) is 29.2 Å². The molecule has 0 atom stereocenters. The number of pyridine rings is 1. The summed E-state index contributed by atoms with van der Waals surface area (Å²) in [6.45, 7) is 2.14. The highest BCUT2D eigenvalue weighted by molar-refractivity contribution is 5.82. The lowest BCUT2D eigenvalue weighted by molar-refractivity contribution is 0.391. The number of aryl methyl sites for hydroxylation is 1. The van der Waals surface area contributed by atoms with Crippen molar-refractivity contribution in [2.24, 2.45) is 0 Å². The smallest absolute Gasteiger partial charge is 0.248 e. The van der Waals surface area contributed by atoms with Crippen LogP contribution < -0.4 is 5.56 Å². The van der Waals surface area contributed by atoms with Crippen molar-refractivity contribution < 1.29 is 8.78 Å². The molecule has 3 heterocycles. The number of halogens is 2. The Morgan fingerprint density at radius 1 is 1.25 bits per heavy atom. The van der Waals surface area contributed by atoms with Gasteiger partial charge in [0.1, 0.15) is 5.82 Å². The van der Waals surface area contributed by atoms with E-state index in [-0.39, 0.29) is 12.1 Å². The molecule has 1 saturated carbocycles. The molecule has 3 aromatic heterocycles. The summed E-state index contributed by atoms with van der Waals surface area (Å²) in [4.78, 5) is 28.2. The molecule has 4 aromatic rings. The van der Waals surface area contributed by atoms with E-state index in [4.69, 9.17) is 4.98 Å². The molecule has 0 radical (unpaired) electrons. The number of rotatable bonds is 3. The van der Waals surface area contributed by atoms with E-state index in [2.05, 4.69) is 15.0 Å². The van der Waals surface area contributed by atoms with E-state index in [1.807, 2.05) is 11.5 Å². The van der Waals surface area contributed by atoms with E-state index in [1.165, 1.54) is 12.1 Å². The number of H-pyrrole nitrogens is 1. The number of nitrogens with one attached hydrogen (secondary N) is 1. The average molecular weight is 381 g/mol. The fourth-order valence-corrected chi connectivity index (χ4v) is 3.77. The molecular weight excluding hydrogens is 364 g/mol. The molecule has 0 aliphatic heterocycles. The standard InChI is InChI=1S/C20H17F2N5O/c1-10-8-23-20-18(24-10)26-19(11-3-2-4-11)27(20)9-12-7-15(28)25-17-13(12)5-6-14(21)16(17)22/h5-8,11H,2-4,9H2,1H3,(H,25,28). The van der Waals surface area contributed by atoms with Crippen molar-refractivity contribution in [3.05, 3.63) is 63.5 Å². The van der Waals surface area contributed by atoms with Crippen LogP contribution in [0.5, 0.6) is 0 Å². The lowest BCUT2D eigenvalue weighted by atomic mass is 9.85. The monoisotopic (exact) mass is 381 g/mol. The highest BCUT2D eigenvalue weighted by atomic mass is 19.2. The van der Waals surface area contributed by atoms with Gasteiger partial charge in [-0.3, -0.25) is 4.79 Å². The molecule has 142 valence electrons. The van der Waals surface area contributed by atoms with E-state index in [0.29, 0.717) is 28.2 Å². The second kappa shape index (κ2) is 6.19. The molecule has 0 unspecified atom stereocenters. The Hall–Kier alpha value is -3.16. The Labute approximate surface area is 158 Å². The quantitative estimate of drug-likeness (QED) is 0.589. The highest BCUT2D eigenvalue weighted by Crippen LogP contribution is 2.37. The molecule has 1 N–H and O–H groups in total. The molecule has 28 heavy (non-hydrogen) atoms. The summed E-state index contributed by atoms with van der Waals surface area (Å²) in [6.07, 6.45) is 4.90. The third-order valence-corrected chi connectivity index (χ3v) is 5.40. The maximum atomic E-state index is 14.2. The van der Waals surface area contributed by atoms with Crippen LogP contribution in [0.25, 0.3) is 22.2 Å². The zero-order valence-electron chi connectivity index (χ0n) is 15.2. The van der Waals surface area contributed by atoms with Gasteiger partial charge in [-0.25, -0.2) is 23.7 Å². The number of nitrogens with zero attached hydrogens (tertiary/aromatic N) is 4. The zero-order valence-corrected chi connectivity index (χ0v) is 15.2. The fraction of sp³-hybridized carbons (Fsp3) is 0.300. The van der Waals surface area contributed by atoms with Crippen molar-refractivity contribution in [1.29, 1.82) is 0 Å². The van der Waals surface area contributed by atoms with Crippen LogP contribution in [-0.4, -0.2) is 24.5 Å². The van der Waals surface area contributed by atoms with Gasteiger partial charge < -0.3 is 9.55 Å². The van der Waals surface area contributed by atoms with E-state index in [0.717, 1.165) is 36.8 Å². The summed E-state index contributed by atoms with van der Waals surface area (Å²) in [6, 6.07) is 3.97. The minimum absolute atomic E-state index is 0.126. The van der Waals surface area contributed by atoms with Gasteiger partial charge in [-0.2, -0.15) is 0 Å². The lowest BCUT2D eigenvalue weighted by Crippen LogP contribution is -2.17. The molecule has 6 nitrogen and oxygen atoms in total. The number of fused-ring (bicyclic) bond motifs is 2. The molecule has 0 bridgehead atoms. The van der Waals surface area contributed by atoms with Gasteiger partial charge in [0.2, 0.25) is 5.56 Å². The van der Waals surface area contributed by atoms with Gasteiger partial charge in [0, 0.05) is 17.4 Å². The Balaban J connectivity index is 1.72. The molecular formula is C20H17F2N5O. The third kappa shape index (κ3) is 2.59. The summed E-state index contributed by atoms with van der Waals surface area (Å²) < 4.78 is 29.8. The van der Waals surface area contributed by atoms with Crippen LogP contribution in [0.3, 0.4) is 0 Å². The Bertz CT molecular complexity index is 1290. The number of imidazole rings is 1. The Morgan fingerprint density at radius 3 is 2.82 bits per heavy atom. The van der Waals surface area contributed by atoms with E-state index < -0.39 is 17.2 Å². The van der Waals surface area contributed by atoms with E-state index in [1.54, 1.807) is 6.20 Å². The van der Waals surface area contributed by atoms with Crippen LogP contribution in [0, 0.1) is 18.6 Å². The van der Waals surface area contributed by atoms with Crippen LogP contribution in [0.1, 0.15) is 42.3 Å². The second-order valence-corrected chi connectivity index (χ2v) is 7.29. The van der Waals surface area contributed by atoms with Gasteiger partial charge in [0.05, 0.1) is 24.0 Å². The van der Waals surface area contributed by atoms with Gasteiger partial charge in [0.15, 0.2) is 22.9 Å². The van der Waals surface area contributed by atoms with Gasteiger partial charge in [-0.05, 0) is 37.5 Å². The summed E-state index contributed by atoms with van der Waals surface area (Å²) in [5.74, 6) is -0.854. The van der Waals surface area contributed by atoms with Gasteiger partial charge in [0.25, 0.3) is 0 Å². The van der Waals surface area contributed by atoms with Crippen molar-refractivity contribution in [2.75, 3.05) is 0 Å². The van der Waals surface area contributed by atoms with Crippen molar-refractivity contribution in [1.82, 2.24) is 24.5 Å². The minimum atomic E-state index is -1.05. The minimum Gasteiger partial charge on any atom is -0.319 e. The first-order valence-electron chi connectivity index (χ1n) is 9.21. The Morgan fingerprint density at radius 2 is 2.07 bits per heavy atom. The van der Waals surface area contributed by atoms with E-state index in [9.17, 15) is 13.6 Å². The number of hydrogen-bond acceptors (Lipinski definition) is 4. The van der Waals surface area contributed by atoms with Gasteiger partial charge in [-0.1, -0.05) is 6.42 Å². The number of benzene rings is 1. The second-order valence-electron chi connectivity index (χ2n) is 7.29. The van der Waals surface area contributed by atoms with Crippen LogP contribution in [-0.2, 0) is 6.54 Å². The number of aromatic nitrogens is 5. The van der Waals surface area contributed by atoms with Gasteiger partial charge >= 0.3 is 0 Å². The topological polar surface area (TPSA) is 76.5 Å². The van der Waals surface area contributed by atoms with E-state index >= 15 is 0 Å². The molecule has 8 heteroatoms. The predicted octanol–water partition coefficient (Wildman–Crippen LogP) is 3.57. The third-order valence-electron chi connectivity index (χ3n) is 5.40. The summed E-state index contributed by atoms with van der Waals surface area (Å²) in [7, 11) is 0. The molecule has 0 spiro atoms. The molecule has 0 amide bonds. The first-order valence-corrected chi connectivity index (χ1v) is 9.21. The van der Waals surface area contributed by atoms with Crippen molar-refractivity contribution in [3.63, 3.8) is 0 Å². The van der Waals surface area contributed by atoms with Crippen LogP contribution >= 0.6 is 0 Å². The number of aromatic amines is 1.